The summed E-state index contributed by atoms with van der Waals surface area (Å²) in [7, 11) is -3.54. The van der Waals surface area contributed by atoms with E-state index in [-0.39, 0.29) is 22.5 Å². The summed E-state index contributed by atoms with van der Waals surface area (Å²) in [6, 6.07) is 6.20. The molecule has 1 saturated heterocycles. The van der Waals surface area contributed by atoms with Crippen molar-refractivity contribution in [1.29, 1.82) is 0 Å². The number of benzene rings is 1. The highest BCUT2D eigenvalue weighted by atomic mass is 32.2. The molecule has 21 heavy (non-hydrogen) atoms. The molecule has 0 radical (unpaired) electrons. The highest BCUT2D eigenvalue weighted by molar-refractivity contribution is 7.89. The average Bonchev–Trinajstić information content (AvgIpc) is 2.48. The molecule has 1 aliphatic heterocycles. The summed E-state index contributed by atoms with van der Waals surface area (Å²) in [4.78, 5) is 0.488. The molecule has 0 amide bonds. The van der Waals surface area contributed by atoms with E-state index < -0.39 is 10.0 Å². The second-order valence-electron chi connectivity index (χ2n) is 5.17. The maximum atomic E-state index is 12.7. The van der Waals surface area contributed by atoms with Crippen molar-refractivity contribution in [3.63, 3.8) is 0 Å². The van der Waals surface area contributed by atoms with Gasteiger partial charge in [-0.1, -0.05) is 30.8 Å². The fourth-order valence-corrected chi connectivity index (χ4v) is 4.51. The van der Waals surface area contributed by atoms with Gasteiger partial charge in [0, 0.05) is 24.8 Å². The van der Waals surface area contributed by atoms with Crippen LogP contribution in [-0.2, 0) is 10.0 Å². The van der Waals surface area contributed by atoms with E-state index in [1.807, 2.05) is 0 Å². The average molecular weight is 328 g/mol. The molecular weight excluding hydrogens is 308 g/mol. The fraction of sp³-hybridized carbons (Fsp3) is 0.500. The summed E-state index contributed by atoms with van der Waals surface area (Å²) < 4.78 is 27.0. The molecule has 3 N–H and O–H groups in total. The molecule has 1 heterocycles. The van der Waals surface area contributed by atoms with Crippen molar-refractivity contribution in [2.75, 3.05) is 13.2 Å². The highest BCUT2D eigenvalue weighted by Crippen LogP contribution is 2.27. The molecule has 1 fully saturated rings. The number of piperidine rings is 1. The van der Waals surface area contributed by atoms with Crippen LogP contribution < -0.4 is 5.73 Å². The molecule has 1 unspecified atom stereocenters. The standard InChI is InChI=1S/C14H20N2O3S2/c15-14(20)11-4-6-13(7-5-11)21(18,19)16-9-2-1-3-12(16)8-10-17/h4-7,12,17H,1-3,8-10H2,(H2,15,20). The van der Waals surface area contributed by atoms with Crippen molar-refractivity contribution < 1.29 is 13.5 Å². The van der Waals surface area contributed by atoms with Gasteiger partial charge in [-0.25, -0.2) is 8.42 Å². The summed E-state index contributed by atoms with van der Waals surface area (Å²) in [6.45, 7) is 0.501. The fourth-order valence-electron chi connectivity index (χ4n) is 2.65. The van der Waals surface area contributed by atoms with Crippen molar-refractivity contribution in [1.82, 2.24) is 4.31 Å². The van der Waals surface area contributed by atoms with Crippen LogP contribution in [0.2, 0.25) is 0 Å². The van der Waals surface area contributed by atoms with Crippen molar-refractivity contribution in [2.24, 2.45) is 5.73 Å². The first-order valence-corrected chi connectivity index (χ1v) is 8.84. The monoisotopic (exact) mass is 328 g/mol. The van der Waals surface area contributed by atoms with Gasteiger partial charge in [-0.3, -0.25) is 0 Å². The Morgan fingerprint density at radius 2 is 2.00 bits per heavy atom. The number of aliphatic hydroxyl groups excluding tert-OH is 1. The number of nitrogens with zero attached hydrogens (tertiary/aromatic N) is 1. The first-order chi connectivity index (χ1) is 9.96. The third-order valence-corrected chi connectivity index (χ3v) is 5.98. The zero-order chi connectivity index (χ0) is 15.5. The highest BCUT2D eigenvalue weighted by Gasteiger charge is 2.32. The molecule has 7 heteroatoms. The third-order valence-electron chi connectivity index (χ3n) is 3.78. The quantitative estimate of drug-likeness (QED) is 0.795. The van der Waals surface area contributed by atoms with Crippen molar-refractivity contribution >= 4 is 27.2 Å². The van der Waals surface area contributed by atoms with Crippen LogP contribution in [0.3, 0.4) is 0 Å². The lowest BCUT2D eigenvalue weighted by molar-refractivity contribution is 0.192. The number of hydrogen-bond acceptors (Lipinski definition) is 4. The number of rotatable bonds is 5. The number of sulfonamides is 1. The predicted molar refractivity (Wildman–Crippen MR) is 85.6 cm³/mol. The van der Waals surface area contributed by atoms with Gasteiger partial charge >= 0.3 is 0 Å². The minimum absolute atomic E-state index is 0.00291. The van der Waals surface area contributed by atoms with Crippen LogP contribution in [0.15, 0.2) is 29.2 Å². The lowest BCUT2D eigenvalue weighted by Crippen LogP contribution is -2.44. The second-order valence-corrected chi connectivity index (χ2v) is 7.50. The Morgan fingerprint density at radius 1 is 1.33 bits per heavy atom. The zero-order valence-corrected chi connectivity index (χ0v) is 13.4. The minimum atomic E-state index is -3.54. The molecule has 5 nitrogen and oxygen atoms in total. The molecule has 1 atom stereocenters. The third kappa shape index (κ3) is 3.60. The molecule has 116 valence electrons. The number of thiocarbonyl (C=S) groups is 1. The molecule has 0 saturated carbocycles. The van der Waals surface area contributed by atoms with Gasteiger partial charge in [-0.2, -0.15) is 4.31 Å². The molecule has 0 aromatic heterocycles. The van der Waals surface area contributed by atoms with Crippen LogP contribution in [0.5, 0.6) is 0 Å². The Bertz CT molecular complexity index is 597. The van der Waals surface area contributed by atoms with Crippen LogP contribution >= 0.6 is 12.2 Å². The normalized spacial score (nSPS) is 20.3. The number of hydrogen-bond donors (Lipinski definition) is 2. The summed E-state index contributed by atoms with van der Waals surface area (Å²) >= 11 is 4.87. The smallest absolute Gasteiger partial charge is 0.243 e. The van der Waals surface area contributed by atoms with Crippen LogP contribution in [0.4, 0.5) is 0 Å². The van der Waals surface area contributed by atoms with E-state index >= 15 is 0 Å². The molecule has 0 bridgehead atoms. The number of nitrogens with two attached hydrogens (primary N) is 1. The SMILES string of the molecule is NC(=S)c1ccc(S(=O)(=O)N2CCCCC2CCO)cc1. The van der Waals surface area contributed by atoms with Gasteiger partial charge in [0.2, 0.25) is 10.0 Å². The van der Waals surface area contributed by atoms with Crippen LogP contribution in [0.25, 0.3) is 0 Å². The predicted octanol–water partition coefficient (Wildman–Crippen LogP) is 1.25. The van der Waals surface area contributed by atoms with Crippen molar-refractivity contribution in [3.05, 3.63) is 29.8 Å². The van der Waals surface area contributed by atoms with Crippen LogP contribution in [0.1, 0.15) is 31.2 Å². The van der Waals surface area contributed by atoms with E-state index in [0.29, 0.717) is 18.5 Å². The first-order valence-electron chi connectivity index (χ1n) is 6.99. The Morgan fingerprint density at radius 3 is 2.57 bits per heavy atom. The van der Waals surface area contributed by atoms with Gasteiger partial charge in [0.05, 0.1) is 4.90 Å². The van der Waals surface area contributed by atoms with E-state index in [1.165, 1.54) is 16.4 Å². The molecule has 1 aromatic rings. The maximum Gasteiger partial charge on any atom is 0.243 e. The summed E-state index contributed by atoms with van der Waals surface area (Å²) in [6.07, 6.45) is 3.12. The molecule has 0 spiro atoms. The van der Waals surface area contributed by atoms with E-state index in [4.69, 9.17) is 23.1 Å². The van der Waals surface area contributed by atoms with Crippen molar-refractivity contribution in [2.45, 2.75) is 36.6 Å². The van der Waals surface area contributed by atoms with Gasteiger partial charge < -0.3 is 10.8 Å². The maximum absolute atomic E-state index is 12.7. The van der Waals surface area contributed by atoms with Gasteiger partial charge in [-0.05, 0) is 31.4 Å². The van der Waals surface area contributed by atoms with Gasteiger partial charge in [0.25, 0.3) is 0 Å². The Kier molecular flexibility index (Phi) is 5.32. The minimum Gasteiger partial charge on any atom is -0.396 e. The van der Waals surface area contributed by atoms with Crippen molar-refractivity contribution in [3.8, 4) is 0 Å². The number of aliphatic hydroxyl groups is 1. The molecular formula is C14H20N2O3S2. The summed E-state index contributed by atoms with van der Waals surface area (Å²) in [5.74, 6) is 0. The zero-order valence-electron chi connectivity index (χ0n) is 11.7. The largest absolute Gasteiger partial charge is 0.396 e. The molecule has 1 aliphatic rings. The van der Waals surface area contributed by atoms with Crippen LogP contribution in [0, 0.1) is 0 Å². The summed E-state index contributed by atoms with van der Waals surface area (Å²) in [5, 5.41) is 9.12. The van der Waals surface area contributed by atoms with Gasteiger partial charge in [0.1, 0.15) is 4.99 Å². The van der Waals surface area contributed by atoms with Gasteiger partial charge in [0.15, 0.2) is 0 Å². The Balaban J connectivity index is 2.28. The Hall–Kier alpha value is -1.02. The van der Waals surface area contributed by atoms with Gasteiger partial charge in [-0.15, -0.1) is 0 Å². The molecule has 2 rings (SSSR count). The lowest BCUT2D eigenvalue weighted by Gasteiger charge is -2.34. The first kappa shape index (κ1) is 16.4. The lowest BCUT2D eigenvalue weighted by atomic mass is 10.0. The second kappa shape index (κ2) is 6.83. The van der Waals surface area contributed by atoms with E-state index in [1.54, 1.807) is 12.1 Å². The van der Waals surface area contributed by atoms with E-state index in [0.717, 1.165) is 19.3 Å². The molecule has 1 aromatic carbocycles. The Labute approximate surface area is 130 Å². The van der Waals surface area contributed by atoms with E-state index in [9.17, 15) is 8.42 Å². The molecule has 0 aliphatic carbocycles. The van der Waals surface area contributed by atoms with Crippen LogP contribution in [-0.4, -0.2) is 42.0 Å². The topological polar surface area (TPSA) is 83.6 Å². The summed E-state index contributed by atoms with van der Waals surface area (Å²) in [5.41, 5.74) is 6.17. The van der Waals surface area contributed by atoms with E-state index in [2.05, 4.69) is 0 Å².